The van der Waals surface area contributed by atoms with Crippen LogP contribution in [-0.2, 0) is 16.1 Å². The molecule has 4 rings (SSSR count). The summed E-state index contributed by atoms with van der Waals surface area (Å²) in [7, 11) is 1.43. The summed E-state index contributed by atoms with van der Waals surface area (Å²) >= 11 is 12.5. The number of aliphatic hydroxyl groups is 2. The average molecular weight is 591 g/mol. The number of carbonyl (C=O) groups is 3. The van der Waals surface area contributed by atoms with E-state index in [0.717, 1.165) is 0 Å². The third-order valence-electron chi connectivity index (χ3n) is 7.03. The highest BCUT2D eigenvalue weighted by Crippen LogP contribution is 2.51. The maximum atomic E-state index is 13.6. The number of nitrogens with zero attached hydrogens (tertiary/aromatic N) is 1. The summed E-state index contributed by atoms with van der Waals surface area (Å²) in [6.45, 7) is 3.60. The minimum absolute atomic E-state index is 0.00255. The molecule has 40 heavy (non-hydrogen) atoms. The molecule has 3 N–H and O–H groups in total. The Morgan fingerprint density at radius 2 is 1.98 bits per heavy atom. The van der Waals surface area contributed by atoms with E-state index in [1.54, 1.807) is 30.3 Å². The van der Waals surface area contributed by atoms with Gasteiger partial charge in [-0.1, -0.05) is 43.1 Å². The number of halogens is 2. The molecule has 0 aromatic heterocycles. The molecule has 2 aromatic carbocycles. The first kappa shape index (κ1) is 29.9. The van der Waals surface area contributed by atoms with Crippen LogP contribution in [0.3, 0.4) is 0 Å². The van der Waals surface area contributed by atoms with Crippen LogP contribution in [0.25, 0.3) is 0 Å². The van der Waals surface area contributed by atoms with Crippen LogP contribution in [0.1, 0.15) is 47.7 Å². The van der Waals surface area contributed by atoms with Crippen molar-refractivity contribution in [1.82, 2.24) is 10.2 Å². The Bertz CT molecular complexity index is 1330. The lowest BCUT2D eigenvalue weighted by Gasteiger charge is -2.41. The van der Waals surface area contributed by atoms with E-state index in [1.807, 2.05) is 13.8 Å². The molecule has 0 saturated carbocycles. The molecule has 2 aliphatic rings. The molecule has 4 atom stereocenters. The topological polar surface area (TPSA) is 125 Å². The van der Waals surface area contributed by atoms with Crippen molar-refractivity contribution in [1.29, 1.82) is 0 Å². The van der Waals surface area contributed by atoms with Gasteiger partial charge in [0.25, 0.3) is 0 Å². The zero-order valence-corrected chi connectivity index (χ0v) is 23.9. The van der Waals surface area contributed by atoms with Crippen molar-refractivity contribution >= 4 is 41.3 Å². The molecule has 4 unspecified atom stereocenters. The molecule has 11 heteroatoms. The van der Waals surface area contributed by atoms with Crippen LogP contribution in [0.2, 0.25) is 10.0 Å². The maximum Gasteiger partial charge on any atom is 0.247 e. The first-order valence-electron chi connectivity index (χ1n) is 13.0. The van der Waals surface area contributed by atoms with Gasteiger partial charge in [-0.25, -0.2) is 0 Å². The lowest BCUT2D eigenvalue weighted by Crippen LogP contribution is -2.55. The zero-order chi connectivity index (χ0) is 29.1. The molecule has 2 amide bonds. The van der Waals surface area contributed by atoms with Gasteiger partial charge in [0, 0.05) is 46.3 Å². The zero-order valence-electron chi connectivity index (χ0n) is 22.4. The lowest BCUT2D eigenvalue weighted by molar-refractivity contribution is -0.138. The van der Waals surface area contributed by atoms with Gasteiger partial charge < -0.3 is 29.9 Å². The van der Waals surface area contributed by atoms with Crippen LogP contribution in [0.15, 0.2) is 42.0 Å². The Kier molecular flexibility index (Phi) is 9.41. The van der Waals surface area contributed by atoms with Gasteiger partial charge in [0.2, 0.25) is 11.8 Å². The molecule has 0 bridgehead atoms. The Hall–Kier alpha value is -3.11. The molecule has 1 aliphatic carbocycles. The number of benzene rings is 2. The monoisotopic (exact) mass is 590 g/mol. The summed E-state index contributed by atoms with van der Waals surface area (Å²) in [5.74, 6) is -0.869. The van der Waals surface area contributed by atoms with Gasteiger partial charge in [0.05, 0.1) is 25.7 Å². The molecule has 1 heterocycles. The van der Waals surface area contributed by atoms with Gasteiger partial charge in [-0.15, -0.1) is 0 Å². The predicted octanol–water partition coefficient (Wildman–Crippen LogP) is 3.51. The molecule has 9 nitrogen and oxygen atoms in total. The van der Waals surface area contributed by atoms with Crippen LogP contribution in [0.5, 0.6) is 11.5 Å². The van der Waals surface area contributed by atoms with Crippen molar-refractivity contribution in [2.24, 2.45) is 5.92 Å². The van der Waals surface area contributed by atoms with Gasteiger partial charge in [-0.2, -0.15) is 0 Å². The van der Waals surface area contributed by atoms with E-state index in [-0.39, 0.29) is 49.3 Å². The van der Waals surface area contributed by atoms with Gasteiger partial charge in [0.15, 0.2) is 11.5 Å². The number of methoxy groups -OCH3 is 1. The molecule has 0 saturated heterocycles. The first-order valence-corrected chi connectivity index (χ1v) is 13.7. The van der Waals surface area contributed by atoms with Gasteiger partial charge >= 0.3 is 0 Å². The van der Waals surface area contributed by atoms with Crippen LogP contribution >= 0.6 is 23.2 Å². The maximum absolute atomic E-state index is 13.6. The van der Waals surface area contributed by atoms with Crippen LogP contribution in [-0.4, -0.2) is 71.7 Å². The molecule has 0 spiro atoms. The Balaban J connectivity index is 1.84. The second-order valence-electron chi connectivity index (χ2n) is 10.3. The summed E-state index contributed by atoms with van der Waals surface area (Å²) in [6.07, 6.45) is 0.207. The molecule has 0 radical (unpaired) electrons. The number of ether oxygens (including phenoxy) is 2. The first-order chi connectivity index (χ1) is 19.1. The lowest BCUT2D eigenvalue weighted by atomic mass is 9.77. The van der Waals surface area contributed by atoms with Gasteiger partial charge in [-0.3, -0.25) is 14.4 Å². The van der Waals surface area contributed by atoms with Crippen molar-refractivity contribution in [3.05, 3.63) is 68.7 Å². The smallest absolute Gasteiger partial charge is 0.247 e. The van der Waals surface area contributed by atoms with E-state index in [4.69, 9.17) is 32.7 Å². The number of hydrogen-bond donors (Lipinski definition) is 3. The number of carbonyl (C=O) groups excluding carboxylic acids is 3. The predicted molar refractivity (Wildman–Crippen MR) is 150 cm³/mol. The number of nitrogens with one attached hydrogen (secondary N) is 1. The summed E-state index contributed by atoms with van der Waals surface area (Å²) in [5.41, 5.74) is 1.68. The second-order valence-corrected chi connectivity index (χ2v) is 11.1. The molecule has 2 aromatic rings. The van der Waals surface area contributed by atoms with Gasteiger partial charge in [-0.05, 0) is 41.8 Å². The van der Waals surface area contributed by atoms with E-state index in [9.17, 15) is 24.6 Å². The third-order valence-corrected chi connectivity index (χ3v) is 7.62. The average Bonchev–Trinajstić information content (AvgIpc) is 3.31. The molecule has 1 aliphatic heterocycles. The van der Waals surface area contributed by atoms with E-state index >= 15 is 0 Å². The number of aldehydes is 1. The van der Waals surface area contributed by atoms with Crippen molar-refractivity contribution in [3.8, 4) is 11.5 Å². The van der Waals surface area contributed by atoms with Crippen molar-refractivity contribution < 1.29 is 34.1 Å². The number of aliphatic hydroxyl groups excluding tert-OH is 2. The molecule has 0 fully saturated rings. The van der Waals surface area contributed by atoms with E-state index in [1.165, 1.54) is 18.1 Å². The standard InChI is InChI=1S/C29H32Cl2N2O7/c1-15(2)8-24(36)33(13-17-4-5-18(30)11-21(17)31)22-12-20(29(38)32-6-7-34)25-19-9-16(14-35)10-23(39-3)27(19)40-28(25)26(22)37/h4-5,9-12,14-15,22,25-26,28,34,37H,6-8,13H2,1-3H3,(H,32,38). The number of fused-ring (bicyclic) bond motifs is 3. The second kappa shape index (κ2) is 12.6. The normalized spacial score (nSPS) is 21.1. The third kappa shape index (κ3) is 5.98. The fourth-order valence-corrected chi connectivity index (χ4v) is 5.69. The largest absolute Gasteiger partial charge is 0.493 e. The van der Waals surface area contributed by atoms with Crippen LogP contribution < -0.4 is 14.8 Å². The Labute approximate surface area is 242 Å². The van der Waals surface area contributed by atoms with Crippen molar-refractivity contribution in [3.63, 3.8) is 0 Å². The fraction of sp³-hybridized carbons (Fsp3) is 0.414. The summed E-state index contributed by atoms with van der Waals surface area (Å²) in [4.78, 5) is 40.2. The number of hydrogen-bond acceptors (Lipinski definition) is 7. The summed E-state index contributed by atoms with van der Waals surface area (Å²) in [6, 6.07) is 7.12. The molecular formula is C29H32Cl2N2O7. The van der Waals surface area contributed by atoms with Crippen molar-refractivity contribution in [2.45, 2.75) is 51.0 Å². The Morgan fingerprint density at radius 3 is 2.60 bits per heavy atom. The molecular weight excluding hydrogens is 559 g/mol. The quantitative estimate of drug-likeness (QED) is 0.361. The fourth-order valence-electron chi connectivity index (χ4n) is 5.22. The summed E-state index contributed by atoms with van der Waals surface area (Å²) in [5, 5.41) is 24.5. The Morgan fingerprint density at radius 1 is 1.23 bits per heavy atom. The van der Waals surface area contributed by atoms with E-state index < -0.39 is 30.1 Å². The number of rotatable bonds is 10. The highest BCUT2D eigenvalue weighted by Gasteiger charge is 2.51. The number of amides is 2. The SMILES string of the molecule is COc1cc(C=O)cc2c1OC1C2C(C(=O)NCCO)=CC(N(Cc2ccc(Cl)cc2Cl)C(=O)CC(C)C)C1O. The van der Waals surface area contributed by atoms with Crippen LogP contribution in [0, 0.1) is 5.92 Å². The highest BCUT2D eigenvalue weighted by atomic mass is 35.5. The summed E-state index contributed by atoms with van der Waals surface area (Å²) < 4.78 is 11.7. The minimum atomic E-state index is -1.25. The highest BCUT2D eigenvalue weighted by molar-refractivity contribution is 6.35. The van der Waals surface area contributed by atoms with Crippen LogP contribution in [0.4, 0.5) is 0 Å². The van der Waals surface area contributed by atoms with E-state index in [2.05, 4.69) is 5.32 Å². The minimum Gasteiger partial charge on any atom is -0.493 e. The van der Waals surface area contributed by atoms with Gasteiger partial charge in [0.1, 0.15) is 18.5 Å². The van der Waals surface area contributed by atoms with E-state index in [0.29, 0.717) is 38.8 Å². The molecule has 214 valence electrons. The van der Waals surface area contributed by atoms with Crippen molar-refractivity contribution in [2.75, 3.05) is 20.3 Å².